The Morgan fingerprint density at radius 1 is 1.50 bits per heavy atom. The summed E-state index contributed by atoms with van der Waals surface area (Å²) in [6.45, 7) is 1.26. The van der Waals surface area contributed by atoms with Gasteiger partial charge in [0.15, 0.2) is 5.84 Å². The van der Waals surface area contributed by atoms with Crippen molar-refractivity contribution in [1.82, 2.24) is 9.97 Å². The maximum absolute atomic E-state index is 8.48. The fourth-order valence-electron chi connectivity index (χ4n) is 1.69. The first-order valence-corrected chi connectivity index (χ1v) is 5.84. The van der Waals surface area contributed by atoms with Crippen LogP contribution in [-0.2, 0) is 4.74 Å². The van der Waals surface area contributed by atoms with Crippen LogP contribution in [0.4, 0.5) is 0 Å². The van der Waals surface area contributed by atoms with Crippen molar-refractivity contribution in [2.24, 2.45) is 10.9 Å². The summed E-state index contributed by atoms with van der Waals surface area (Å²) >= 11 is 0. The van der Waals surface area contributed by atoms with Crippen molar-refractivity contribution < 1.29 is 14.7 Å². The van der Waals surface area contributed by atoms with Gasteiger partial charge in [0.05, 0.1) is 18.5 Å². The third kappa shape index (κ3) is 3.30. The fraction of sp³-hybridized carbons (Fsp3) is 0.545. The SMILES string of the molecule is NC(=NO)c1cnc(OCC2CCCCO2)cn1. The van der Waals surface area contributed by atoms with Gasteiger partial charge in [-0.3, -0.25) is 0 Å². The molecule has 1 aliphatic heterocycles. The van der Waals surface area contributed by atoms with Crippen LogP contribution in [-0.4, -0.2) is 40.3 Å². The van der Waals surface area contributed by atoms with Gasteiger partial charge in [-0.2, -0.15) is 0 Å². The van der Waals surface area contributed by atoms with E-state index in [9.17, 15) is 0 Å². The maximum atomic E-state index is 8.48. The van der Waals surface area contributed by atoms with Gasteiger partial charge in [0, 0.05) is 6.61 Å². The minimum absolute atomic E-state index is 0.0790. The van der Waals surface area contributed by atoms with E-state index in [4.69, 9.17) is 20.4 Å². The Labute approximate surface area is 105 Å². The Morgan fingerprint density at radius 3 is 3.00 bits per heavy atom. The summed E-state index contributed by atoms with van der Waals surface area (Å²) < 4.78 is 11.0. The highest BCUT2D eigenvalue weighted by Gasteiger charge is 2.14. The Balaban J connectivity index is 1.86. The Hall–Kier alpha value is -1.89. The Morgan fingerprint density at radius 2 is 2.39 bits per heavy atom. The molecule has 0 aromatic carbocycles. The summed E-state index contributed by atoms with van der Waals surface area (Å²) in [5.74, 6) is 0.323. The smallest absolute Gasteiger partial charge is 0.232 e. The first-order chi connectivity index (χ1) is 8.79. The number of nitrogens with two attached hydrogens (primary N) is 1. The van der Waals surface area contributed by atoms with E-state index in [1.807, 2.05) is 0 Å². The molecule has 1 unspecified atom stereocenters. The van der Waals surface area contributed by atoms with E-state index in [0.29, 0.717) is 18.2 Å². The second-order valence-electron chi connectivity index (χ2n) is 4.02. The molecule has 7 heteroatoms. The van der Waals surface area contributed by atoms with E-state index in [1.54, 1.807) is 0 Å². The molecule has 1 atom stereocenters. The van der Waals surface area contributed by atoms with E-state index in [1.165, 1.54) is 18.8 Å². The van der Waals surface area contributed by atoms with E-state index in [-0.39, 0.29) is 11.9 Å². The van der Waals surface area contributed by atoms with Gasteiger partial charge in [0.2, 0.25) is 5.88 Å². The van der Waals surface area contributed by atoms with Crippen LogP contribution < -0.4 is 10.5 Å². The van der Waals surface area contributed by atoms with Crippen LogP contribution in [0.3, 0.4) is 0 Å². The summed E-state index contributed by atoms with van der Waals surface area (Å²) in [6.07, 6.45) is 6.26. The van der Waals surface area contributed by atoms with Gasteiger partial charge in [-0.25, -0.2) is 9.97 Å². The number of hydrogen-bond donors (Lipinski definition) is 2. The standard InChI is InChI=1S/C11H16N4O3/c12-11(15-16)9-5-14-10(6-13-9)18-7-8-3-1-2-4-17-8/h5-6,8,16H,1-4,7H2,(H2,12,15). The molecule has 0 aliphatic carbocycles. The second kappa shape index (κ2) is 6.15. The number of oxime groups is 1. The monoisotopic (exact) mass is 252 g/mol. The highest BCUT2D eigenvalue weighted by Crippen LogP contribution is 2.14. The molecular weight excluding hydrogens is 236 g/mol. The van der Waals surface area contributed by atoms with Gasteiger partial charge >= 0.3 is 0 Å². The maximum Gasteiger partial charge on any atom is 0.232 e. The minimum atomic E-state index is -0.0790. The van der Waals surface area contributed by atoms with Crippen LogP contribution in [0.5, 0.6) is 5.88 Å². The molecule has 2 rings (SSSR count). The fourth-order valence-corrected chi connectivity index (χ4v) is 1.69. The van der Waals surface area contributed by atoms with E-state index < -0.39 is 0 Å². The minimum Gasteiger partial charge on any atom is -0.474 e. The number of rotatable bonds is 4. The summed E-state index contributed by atoms with van der Waals surface area (Å²) in [5.41, 5.74) is 5.68. The first kappa shape index (κ1) is 12.6. The summed E-state index contributed by atoms with van der Waals surface area (Å²) in [5, 5.41) is 11.3. The number of nitrogens with zero attached hydrogens (tertiary/aromatic N) is 3. The second-order valence-corrected chi connectivity index (χ2v) is 4.02. The van der Waals surface area contributed by atoms with Crippen molar-refractivity contribution in [2.75, 3.05) is 13.2 Å². The number of ether oxygens (including phenoxy) is 2. The predicted molar refractivity (Wildman–Crippen MR) is 63.6 cm³/mol. The molecule has 0 saturated carbocycles. The lowest BCUT2D eigenvalue weighted by atomic mass is 10.1. The van der Waals surface area contributed by atoms with Gasteiger partial charge < -0.3 is 20.4 Å². The van der Waals surface area contributed by atoms with Crippen LogP contribution in [0, 0.1) is 0 Å². The molecule has 98 valence electrons. The lowest BCUT2D eigenvalue weighted by Gasteiger charge is -2.22. The molecule has 1 aliphatic rings. The molecule has 0 radical (unpaired) electrons. The van der Waals surface area contributed by atoms with Crippen molar-refractivity contribution in [3.63, 3.8) is 0 Å². The molecule has 7 nitrogen and oxygen atoms in total. The Kier molecular flexibility index (Phi) is 4.30. The molecule has 1 saturated heterocycles. The molecule has 3 N–H and O–H groups in total. The lowest BCUT2D eigenvalue weighted by Crippen LogP contribution is -2.26. The molecule has 0 spiro atoms. The van der Waals surface area contributed by atoms with Crippen molar-refractivity contribution in [3.8, 4) is 5.88 Å². The highest BCUT2D eigenvalue weighted by atomic mass is 16.5. The van der Waals surface area contributed by atoms with Crippen molar-refractivity contribution in [3.05, 3.63) is 18.1 Å². The van der Waals surface area contributed by atoms with Gasteiger partial charge in [-0.1, -0.05) is 5.16 Å². The number of hydrogen-bond acceptors (Lipinski definition) is 6. The largest absolute Gasteiger partial charge is 0.474 e. The van der Waals surface area contributed by atoms with Gasteiger partial charge in [-0.15, -0.1) is 0 Å². The number of amidine groups is 1. The van der Waals surface area contributed by atoms with Crippen LogP contribution in [0.15, 0.2) is 17.5 Å². The summed E-state index contributed by atoms with van der Waals surface area (Å²) in [7, 11) is 0. The molecule has 0 amide bonds. The molecule has 1 aromatic heterocycles. The average molecular weight is 252 g/mol. The third-order valence-electron chi connectivity index (χ3n) is 2.69. The topological polar surface area (TPSA) is 103 Å². The molecule has 2 heterocycles. The van der Waals surface area contributed by atoms with Gasteiger partial charge in [0.1, 0.15) is 12.3 Å². The van der Waals surface area contributed by atoms with Gasteiger partial charge in [0.25, 0.3) is 0 Å². The average Bonchev–Trinajstić information content (AvgIpc) is 2.46. The van der Waals surface area contributed by atoms with Crippen molar-refractivity contribution >= 4 is 5.84 Å². The van der Waals surface area contributed by atoms with E-state index in [2.05, 4.69) is 15.1 Å². The third-order valence-corrected chi connectivity index (χ3v) is 2.69. The lowest BCUT2D eigenvalue weighted by molar-refractivity contribution is -0.0120. The molecule has 18 heavy (non-hydrogen) atoms. The Bertz CT molecular complexity index is 401. The molecule has 1 fully saturated rings. The summed E-state index contributed by atoms with van der Waals surface area (Å²) in [4.78, 5) is 7.99. The normalized spacial score (nSPS) is 20.7. The summed E-state index contributed by atoms with van der Waals surface area (Å²) in [6, 6.07) is 0. The van der Waals surface area contributed by atoms with Crippen molar-refractivity contribution in [2.45, 2.75) is 25.4 Å². The molecule has 0 bridgehead atoms. The van der Waals surface area contributed by atoms with Crippen molar-refractivity contribution in [1.29, 1.82) is 0 Å². The quantitative estimate of drug-likeness (QED) is 0.350. The van der Waals surface area contributed by atoms with Crippen LogP contribution in [0.25, 0.3) is 0 Å². The highest BCUT2D eigenvalue weighted by molar-refractivity contribution is 5.94. The van der Waals surface area contributed by atoms with Crippen LogP contribution in [0.1, 0.15) is 25.0 Å². The molecule has 1 aromatic rings. The predicted octanol–water partition coefficient (Wildman–Crippen LogP) is 0.519. The van der Waals surface area contributed by atoms with Crippen LogP contribution >= 0.6 is 0 Å². The zero-order chi connectivity index (χ0) is 12.8. The molecular formula is C11H16N4O3. The van der Waals surface area contributed by atoms with Gasteiger partial charge in [-0.05, 0) is 19.3 Å². The zero-order valence-electron chi connectivity index (χ0n) is 9.95. The van der Waals surface area contributed by atoms with E-state index in [0.717, 1.165) is 19.4 Å². The van der Waals surface area contributed by atoms with E-state index >= 15 is 0 Å². The number of aromatic nitrogens is 2. The zero-order valence-corrected chi connectivity index (χ0v) is 9.95. The van der Waals surface area contributed by atoms with Crippen LogP contribution in [0.2, 0.25) is 0 Å². The first-order valence-electron chi connectivity index (χ1n) is 5.84.